The number of rotatable bonds is 6. The first kappa shape index (κ1) is 16.3. The van der Waals surface area contributed by atoms with Crippen LogP contribution < -0.4 is 10.9 Å². The van der Waals surface area contributed by atoms with Crippen LogP contribution in [0.5, 0.6) is 0 Å². The summed E-state index contributed by atoms with van der Waals surface area (Å²) in [4.78, 5) is 17.1. The van der Waals surface area contributed by atoms with E-state index < -0.39 is 0 Å². The topological polar surface area (TPSA) is 59.3 Å². The number of anilines is 1. The first-order valence-corrected chi connectivity index (χ1v) is 8.97. The Morgan fingerprint density at radius 1 is 1.43 bits per heavy atom. The van der Waals surface area contributed by atoms with E-state index in [4.69, 9.17) is 0 Å². The normalized spacial score (nSPS) is 12.0. The minimum atomic E-state index is -0.100. The van der Waals surface area contributed by atoms with Crippen LogP contribution in [0.2, 0.25) is 0 Å². The van der Waals surface area contributed by atoms with Crippen LogP contribution in [-0.2, 0) is 6.42 Å². The average molecular weight is 326 g/mol. The summed E-state index contributed by atoms with van der Waals surface area (Å²) in [5.41, 5.74) is 0.748. The predicted molar refractivity (Wildman–Crippen MR) is 91.8 cm³/mol. The van der Waals surface area contributed by atoms with Gasteiger partial charge in [0, 0.05) is 28.8 Å². The third-order valence-electron chi connectivity index (χ3n) is 2.72. The fraction of sp³-hybridized carbons (Fsp3) is 0.643. The molecular weight excluding hydrogens is 304 g/mol. The van der Waals surface area contributed by atoms with Crippen LogP contribution >= 0.6 is 23.1 Å². The zero-order valence-corrected chi connectivity index (χ0v) is 14.6. The Hall–Kier alpha value is -1.08. The zero-order chi connectivity index (χ0) is 15.5. The predicted octanol–water partition coefficient (Wildman–Crippen LogP) is 3.05. The molecule has 0 radical (unpaired) electrons. The van der Waals surface area contributed by atoms with E-state index in [0.29, 0.717) is 4.96 Å². The van der Waals surface area contributed by atoms with E-state index in [1.807, 2.05) is 11.8 Å². The summed E-state index contributed by atoms with van der Waals surface area (Å²) >= 11 is 3.33. The monoisotopic (exact) mass is 326 g/mol. The summed E-state index contributed by atoms with van der Waals surface area (Å²) in [5.74, 6) is 1.00. The van der Waals surface area contributed by atoms with Gasteiger partial charge in [-0.1, -0.05) is 45.5 Å². The Bertz CT molecular complexity index is 657. The van der Waals surface area contributed by atoms with E-state index in [1.165, 1.54) is 15.9 Å². The first-order valence-electron chi connectivity index (χ1n) is 7.16. The van der Waals surface area contributed by atoms with E-state index >= 15 is 0 Å². The molecule has 2 heterocycles. The lowest BCUT2D eigenvalue weighted by molar-refractivity contribution is 0.802. The quantitative estimate of drug-likeness (QED) is 0.827. The fourth-order valence-corrected chi connectivity index (χ4v) is 3.49. The molecule has 21 heavy (non-hydrogen) atoms. The molecule has 0 atom stereocenters. The van der Waals surface area contributed by atoms with Crippen molar-refractivity contribution in [3.63, 3.8) is 0 Å². The Morgan fingerprint density at radius 3 is 2.86 bits per heavy atom. The van der Waals surface area contributed by atoms with Gasteiger partial charge in [0.25, 0.3) is 5.56 Å². The number of nitrogens with zero attached hydrogens (tertiary/aromatic N) is 3. The van der Waals surface area contributed by atoms with Crippen LogP contribution in [0.1, 0.15) is 39.8 Å². The molecule has 0 amide bonds. The van der Waals surface area contributed by atoms with E-state index in [9.17, 15) is 4.79 Å². The van der Waals surface area contributed by atoms with E-state index in [-0.39, 0.29) is 10.3 Å². The second kappa shape index (κ2) is 6.79. The van der Waals surface area contributed by atoms with Crippen LogP contribution in [-0.4, -0.2) is 31.6 Å². The van der Waals surface area contributed by atoms with Crippen molar-refractivity contribution in [2.45, 2.75) is 45.3 Å². The highest BCUT2D eigenvalue weighted by molar-refractivity contribution is 8.00. The Kier molecular flexibility index (Phi) is 5.27. The SMILES string of the molecule is CCCc1cc(=O)n2nc(NCCSC(C)(C)C)sc2n1. The maximum Gasteiger partial charge on any atom is 0.275 e. The zero-order valence-electron chi connectivity index (χ0n) is 13.0. The van der Waals surface area contributed by atoms with Crippen LogP contribution in [0.3, 0.4) is 0 Å². The Labute approximate surface area is 133 Å². The lowest BCUT2D eigenvalue weighted by atomic mass is 10.2. The van der Waals surface area contributed by atoms with Gasteiger partial charge in [-0.15, -0.1) is 5.10 Å². The van der Waals surface area contributed by atoms with Gasteiger partial charge >= 0.3 is 0 Å². The van der Waals surface area contributed by atoms with Gasteiger partial charge in [0.2, 0.25) is 10.1 Å². The minimum Gasteiger partial charge on any atom is -0.359 e. The van der Waals surface area contributed by atoms with Gasteiger partial charge in [-0.25, -0.2) is 4.98 Å². The summed E-state index contributed by atoms with van der Waals surface area (Å²) < 4.78 is 1.64. The molecule has 0 aliphatic heterocycles. The third-order valence-corrected chi connectivity index (χ3v) is 4.86. The van der Waals surface area contributed by atoms with E-state index in [1.54, 1.807) is 6.07 Å². The number of hydrogen-bond acceptors (Lipinski definition) is 6. The molecule has 0 unspecified atom stereocenters. The maximum absolute atomic E-state index is 12.0. The lowest BCUT2D eigenvalue weighted by Crippen LogP contribution is -2.16. The van der Waals surface area contributed by atoms with Crippen molar-refractivity contribution >= 4 is 33.2 Å². The van der Waals surface area contributed by atoms with Crippen molar-refractivity contribution < 1.29 is 0 Å². The molecule has 1 N–H and O–H groups in total. The van der Waals surface area contributed by atoms with Crippen LogP contribution in [0.25, 0.3) is 4.96 Å². The number of hydrogen-bond donors (Lipinski definition) is 1. The standard InChI is InChI=1S/C14H22N4OS2/c1-5-6-10-9-11(19)18-13(16-10)21-12(17-18)15-7-8-20-14(2,3)4/h9H,5-8H2,1-4H3,(H,15,17). The van der Waals surface area contributed by atoms with Crippen LogP contribution in [0.4, 0.5) is 5.13 Å². The molecule has 0 spiro atoms. The second-order valence-corrected chi connectivity index (χ2v) is 8.70. The van der Waals surface area contributed by atoms with Gasteiger partial charge < -0.3 is 5.32 Å². The first-order chi connectivity index (χ1) is 9.89. The van der Waals surface area contributed by atoms with Crippen LogP contribution in [0.15, 0.2) is 10.9 Å². The molecule has 0 saturated heterocycles. The molecule has 5 nitrogen and oxygen atoms in total. The molecule has 0 aromatic carbocycles. The molecule has 0 fully saturated rings. The van der Waals surface area contributed by atoms with Crippen molar-refractivity contribution in [3.8, 4) is 0 Å². The maximum atomic E-state index is 12.0. The highest BCUT2D eigenvalue weighted by Crippen LogP contribution is 2.23. The second-order valence-electron chi connectivity index (χ2n) is 5.82. The van der Waals surface area contributed by atoms with Crippen molar-refractivity contribution in [1.29, 1.82) is 0 Å². The molecule has 116 valence electrons. The number of nitrogens with one attached hydrogen (secondary N) is 1. The highest BCUT2D eigenvalue weighted by Gasteiger charge is 2.11. The number of aromatic nitrogens is 3. The average Bonchev–Trinajstić information content (AvgIpc) is 2.77. The summed E-state index contributed by atoms with van der Waals surface area (Å²) in [5, 5.41) is 8.31. The molecule has 2 rings (SSSR count). The number of aryl methyl sites for hydroxylation is 1. The molecule has 2 aromatic heterocycles. The largest absolute Gasteiger partial charge is 0.359 e. The molecule has 0 saturated carbocycles. The van der Waals surface area contributed by atoms with Crippen molar-refractivity contribution in [2.75, 3.05) is 17.6 Å². The smallest absolute Gasteiger partial charge is 0.275 e. The third kappa shape index (κ3) is 4.71. The molecule has 2 aromatic rings. The molecular formula is C14H22N4OS2. The molecule has 0 bridgehead atoms. The fourth-order valence-electron chi connectivity index (χ4n) is 1.83. The molecule has 0 aliphatic carbocycles. The van der Waals surface area contributed by atoms with Gasteiger partial charge in [-0.2, -0.15) is 16.3 Å². The van der Waals surface area contributed by atoms with Crippen molar-refractivity contribution in [3.05, 3.63) is 22.1 Å². The molecule has 0 aliphatic rings. The van der Waals surface area contributed by atoms with Crippen molar-refractivity contribution in [1.82, 2.24) is 14.6 Å². The summed E-state index contributed by atoms with van der Waals surface area (Å²) in [6.45, 7) is 9.52. The van der Waals surface area contributed by atoms with Crippen molar-refractivity contribution in [2.24, 2.45) is 0 Å². The van der Waals surface area contributed by atoms with Gasteiger partial charge in [-0.05, 0) is 6.42 Å². The van der Waals surface area contributed by atoms with Gasteiger partial charge in [0.15, 0.2) is 0 Å². The number of fused-ring (bicyclic) bond motifs is 1. The van der Waals surface area contributed by atoms with Crippen LogP contribution in [0, 0.1) is 0 Å². The van der Waals surface area contributed by atoms with E-state index in [0.717, 1.165) is 36.0 Å². The summed E-state index contributed by atoms with van der Waals surface area (Å²) in [6.07, 6.45) is 1.81. The number of thioether (sulfide) groups is 1. The Balaban J connectivity index is 2.05. The molecule has 7 heteroatoms. The minimum absolute atomic E-state index is 0.100. The summed E-state index contributed by atoms with van der Waals surface area (Å²) in [7, 11) is 0. The Morgan fingerprint density at radius 2 is 2.19 bits per heavy atom. The van der Waals surface area contributed by atoms with Gasteiger partial charge in [0.05, 0.1) is 0 Å². The highest BCUT2D eigenvalue weighted by atomic mass is 32.2. The van der Waals surface area contributed by atoms with Gasteiger partial charge in [-0.3, -0.25) is 4.79 Å². The lowest BCUT2D eigenvalue weighted by Gasteiger charge is -2.17. The van der Waals surface area contributed by atoms with Gasteiger partial charge in [0.1, 0.15) is 0 Å². The summed E-state index contributed by atoms with van der Waals surface area (Å²) in [6, 6.07) is 1.58. The van der Waals surface area contributed by atoms with E-state index in [2.05, 4.69) is 43.1 Å².